The molecule has 0 atom stereocenters. The molecular formula is C17H29N3OS. The minimum Gasteiger partial charge on any atom is -0.350 e. The number of carbonyl (C=O) groups excluding carboxylic acids is 1. The first-order valence-corrected chi connectivity index (χ1v) is 9.34. The first-order chi connectivity index (χ1) is 10.6. The van der Waals surface area contributed by atoms with E-state index < -0.39 is 0 Å². The average Bonchev–Trinajstić information content (AvgIpc) is 2.66. The number of nitrogens with one attached hydrogen (secondary N) is 1. The second-order valence-corrected chi connectivity index (χ2v) is 7.72. The van der Waals surface area contributed by atoms with Crippen LogP contribution in [0.3, 0.4) is 0 Å². The van der Waals surface area contributed by atoms with E-state index in [1.54, 1.807) is 11.3 Å². The first-order valence-electron chi connectivity index (χ1n) is 8.53. The molecule has 1 aliphatic rings. The number of amides is 1. The summed E-state index contributed by atoms with van der Waals surface area (Å²) < 4.78 is 0. The number of aromatic nitrogens is 1. The third-order valence-electron chi connectivity index (χ3n) is 4.04. The number of likely N-dealkylation sites (tertiary alicyclic amines) is 1. The summed E-state index contributed by atoms with van der Waals surface area (Å²) in [6, 6.07) is 0. The van der Waals surface area contributed by atoms with Crippen LogP contribution < -0.4 is 5.32 Å². The molecule has 1 fully saturated rings. The van der Waals surface area contributed by atoms with Gasteiger partial charge in [0.2, 0.25) is 0 Å². The zero-order chi connectivity index (χ0) is 15.9. The predicted octanol–water partition coefficient (Wildman–Crippen LogP) is 3.26. The summed E-state index contributed by atoms with van der Waals surface area (Å²) in [5.74, 6) is 0.615. The summed E-state index contributed by atoms with van der Waals surface area (Å²) in [5, 5.41) is 4.14. The Balaban J connectivity index is 1.80. The predicted molar refractivity (Wildman–Crippen MR) is 92.6 cm³/mol. The van der Waals surface area contributed by atoms with Crippen LogP contribution in [0.1, 0.15) is 59.9 Å². The van der Waals surface area contributed by atoms with Crippen LogP contribution in [0.5, 0.6) is 0 Å². The smallest absolute Gasteiger partial charge is 0.263 e. The standard InChI is InChI=1S/C17H29N3OS/c1-13(2)12-15-19-14(3)16(22-15)17(21)18-8-11-20-9-6-4-5-7-10-20/h13H,4-12H2,1-3H3,(H,18,21). The van der Waals surface area contributed by atoms with Crippen molar-refractivity contribution in [1.82, 2.24) is 15.2 Å². The summed E-state index contributed by atoms with van der Waals surface area (Å²) in [5.41, 5.74) is 0.868. The molecular weight excluding hydrogens is 294 g/mol. The van der Waals surface area contributed by atoms with E-state index in [1.165, 1.54) is 38.8 Å². The number of hydrogen-bond donors (Lipinski definition) is 1. The highest BCUT2D eigenvalue weighted by atomic mass is 32.1. The summed E-state index contributed by atoms with van der Waals surface area (Å²) in [6.45, 7) is 10.3. The maximum absolute atomic E-state index is 12.3. The van der Waals surface area contributed by atoms with Gasteiger partial charge in [-0.3, -0.25) is 4.79 Å². The number of hydrogen-bond acceptors (Lipinski definition) is 4. The van der Waals surface area contributed by atoms with Crippen LogP contribution in [0.4, 0.5) is 0 Å². The molecule has 1 aromatic heterocycles. The molecule has 1 saturated heterocycles. The Morgan fingerprint density at radius 1 is 1.27 bits per heavy atom. The minimum atomic E-state index is 0.0415. The number of nitrogens with zero attached hydrogens (tertiary/aromatic N) is 2. The maximum Gasteiger partial charge on any atom is 0.263 e. The Hall–Kier alpha value is -0.940. The average molecular weight is 324 g/mol. The molecule has 0 aromatic carbocycles. The first kappa shape index (κ1) is 17.4. The van der Waals surface area contributed by atoms with E-state index in [9.17, 15) is 4.79 Å². The molecule has 1 N–H and O–H groups in total. The van der Waals surface area contributed by atoms with E-state index in [4.69, 9.17) is 0 Å². The van der Waals surface area contributed by atoms with Crippen LogP contribution in [0.25, 0.3) is 0 Å². The van der Waals surface area contributed by atoms with Crippen molar-refractivity contribution in [1.29, 1.82) is 0 Å². The Morgan fingerprint density at radius 3 is 2.59 bits per heavy atom. The Kier molecular flexibility index (Phi) is 6.83. The molecule has 0 radical (unpaired) electrons. The van der Waals surface area contributed by atoms with Crippen LogP contribution >= 0.6 is 11.3 Å². The van der Waals surface area contributed by atoms with E-state index in [0.29, 0.717) is 5.92 Å². The van der Waals surface area contributed by atoms with Crippen molar-refractivity contribution >= 4 is 17.2 Å². The lowest BCUT2D eigenvalue weighted by Gasteiger charge is -2.19. The minimum absolute atomic E-state index is 0.0415. The van der Waals surface area contributed by atoms with Crippen molar-refractivity contribution in [2.75, 3.05) is 26.2 Å². The highest BCUT2D eigenvalue weighted by molar-refractivity contribution is 7.13. The van der Waals surface area contributed by atoms with E-state index in [1.807, 2.05) is 6.92 Å². The number of carbonyl (C=O) groups is 1. The highest BCUT2D eigenvalue weighted by Crippen LogP contribution is 2.20. The highest BCUT2D eigenvalue weighted by Gasteiger charge is 2.16. The maximum atomic E-state index is 12.3. The zero-order valence-electron chi connectivity index (χ0n) is 14.2. The van der Waals surface area contributed by atoms with Gasteiger partial charge in [0.15, 0.2) is 0 Å². The van der Waals surface area contributed by atoms with Gasteiger partial charge in [0.1, 0.15) is 4.88 Å². The molecule has 0 aliphatic carbocycles. The zero-order valence-corrected chi connectivity index (χ0v) is 15.0. The van der Waals surface area contributed by atoms with Crippen molar-refractivity contribution in [3.63, 3.8) is 0 Å². The van der Waals surface area contributed by atoms with E-state index in [2.05, 4.69) is 29.0 Å². The van der Waals surface area contributed by atoms with Crippen molar-refractivity contribution in [3.8, 4) is 0 Å². The van der Waals surface area contributed by atoms with Gasteiger partial charge in [-0.15, -0.1) is 11.3 Å². The number of rotatable bonds is 6. The molecule has 1 aromatic rings. The van der Waals surface area contributed by atoms with Crippen LogP contribution in [-0.4, -0.2) is 42.0 Å². The van der Waals surface area contributed by atoms with Crippen LogP contribution in [0.15, 0.2) is 0 Å². The molecule has 1 aliphatic heterocycles. The SMILES string of the molecule is Cc1nc(CC(C)C)sc1C(=O)NCCN1CCCCCC1. The summed E-state index contributed by atoms with van der Waals surface area (Å²) in [4.78, 5) is 20.1. The Bertz CT molecular complexity index is 476. The van der Waals surface area contributed by atoms with Gasteiger partial charge in [-0.2, -0.15) is 0 Å². The molecule has 22 heavy (non-hydrogen) atoms. The Labute approximate surface area is 138 Å². The summed E-state index contributed by atoms with van der Waals surface area (Å²) in [7, 11) is 0. The van der Waals surface area contributed by atoms with Gasteiger partial charge in [0, 0.05) is 19.5 Å². The Morgan fingerprint density at radius 2 is 1.95 bits per heavy atom. The molecule has 0 unspecified atom stereocenters. The molecule has 1 amide bonds. The molecule has 5 heteroatoms. The second kappa shape index (κ2) is 8.63. The summed E-state index contributed by atoms with van der Waals surface area (Å²) in [6.07, 6.45) is 6.23. The van der Waals surface area contributed by atoms with Crippen LogP contribution in [0, 0.1) is 12.8 Å². The van der Waals surface area contributed by atoms with Gasteiger partial charge in [-0.05, 0) is 38.8 Å². The van der Waals surface area contributed by atoms with Crippen molar-refractivity contribution < 1.29 is 4.79 Å². The normalized spacial score (nSPS) is 16.7. The monoisotopic (exact) mass is 323 g/mol. The molecule has 2 heterocycles. The van der Waals surface area contributed by atoms with Gasteiger partial charge in [0.05, 0.1) is 10.7 Å². The van der Waals surface area contributed by atoms with Crippen molar-refractivity contribution in [2.24, 2.45) is 5.92 Å². The molecule has 124 valence electrons. The van der Waals surface area contributed by atoms with Crippen molar-refractivity contribution in [2.45, 2.75) is 52.9 Å². The van der Waals surface area contributed by atoms with Gasteiger partial charge in [-0.1, -0.05) is 26.7 Å². The molecule has 0 spiro atoms. The lowest BCUT2D eigenvalue weighted by molar-refractivity contribution is 0.0952. The molecule has 2 rings (SSSR count). The van der Waals surface area contributed by atoms with Crippen LogP contribution in [-0.2, 0) is 6.42 Å². The molecule has 0 saturated carbocycles. The fraction of sp³-hybridized carbons (Fsp3) is 0.765. The van der Waals surface area contributed by atoms with Crippen molar-refractivity contribution in [3.05, 3.63) is 15.6 Å². The van der Waals surface area contributed by atoms with E-state index >= 15 is 0 Å². The second-order valence-electron chi connectivity index (χ2n) is 6.63. The van der Waals surface area contributed by atoms with E-state index in [0.717, 1.165) is 35.1 Å². The largest absolute Gasteiger partial charge is 0.350 e. The lowest BCUT2D eigenvalue weighted by Crippen LogP contribution is -2.35. The number of aryl methyl sites for hydroxylation is 1. The molecule has 0 bridgehead atoms. The topological polar surface area (TPSA) is 45.2 Å². The quantitative estimate of drug-likeness (QED) is 0.874. The third kappa shape index (κ3) is 5.36. The number of thiazole rings is 1. The van der Waals surface area contributed by atoms with Gasteiger partial charge in [-0.25, -0.2) is 4.98 Å². The fourth-order valence-electron chi connectivity index (χ4n) is 2.87. The van der Waals surface area contributed by atoms with E-state index in [-0.39, 0.29) is 5.91 Å². The summed E-state index contributed by atoms with van der Waals surface area (Å²) >= 11 is 1.55. The van der Waals surface area contributed by atoms with Gasteiger partial charge < -0.3 is 10.2 Å². The van der Waals surface area contributed by atoms with Crippen LogP contribution in [0.2, 0.25) is 0 Å². The molecule has 4 nitrogen and oxygen atoms in total. The third-order valence-corrected chi connectivity index (χ3v) is 5.22. The fourth-order valence-corrected chi connectivity index (χ4v) is 4.06. The van der Waals surface area contributed by atoms with Gasteiger partial charge >= 0.3 is 0 Å². The van der Waals surface area contributed by atoms with Gasteiger partial charge in [0.25, 0.3) is 5.91 Å². The lowest BCUT2D eigenvalue weighted by atomic mass is 10.1.